The van der Waals surface area contributed by atoms with Gasteiger partial charge in [0.15, 0.2) is 0 Å². The number of aryl methyl sites for hydroxylation is 3. The highest BCUT2D eigenvalue weighted by atomic mass is 32.1. The van der Waals surface area contributed by atoms with E-state index >= 15 is 0 Å². The first kappa shape index (κ1) is 10.2. The lowest BCUT2D eigenvalue weighted by Gasteiger charge is -2.10. The summed E-state index contributed by atoms with van der Waals surface area (Å²) in [5.74, 6) is 0. The molecule has 2 heterocycles. The second-order valence-electron chi connectivity index (χ2n) is 3.67. The van der Waals surface area contributed by atoms with Crippen molar-refractivity contribution in [1.82, 2.24) is 9.66 Å². The highest BCUT2D eigenvalue weighted by molar-refractivity contribution is 7.09. The van der Waals surface area contributed by atoms with Crippen LogP contribution in [-0.4, -0.2) is 9.66 Å². The Kier molecular flexibility index (Phi) is 2.77. The van der Waals surface area contributed by atoms with E-state index in [0.717, 1.165) is 17.2 Å². The van der Waals surface area contributed by atoms with E-state index in [-0.39, 0.29) is 0 Å². The van der Waals surface area contributed by atoms with Gasteiger partial charge in [0.25, 0.3) is 0 Å². The Morgan fingerprint density at radius 3 is 2.47 bits per heavy atom. The summed E-state index contributed by atoms with van der Waals surface area (Å²) >= 11 is 1.70. The third kappa shape index (κ3) is 2.21. The van der Waals surface area contributed by atoms with Gasteiger partial charge < -0.3 is 5.43 Å². The number of hydrogen-bond donors (Lipinski definition) is 1. The van der Waals surface area contributed by atoms with Crippen LogP contribution in [0.2, 0.25) is 0 Å². The Labute approximate surface area is 93.7 Å². The van der Waals surface area contributed by atoms with E-state index in [9.17, 15) is 0 Å². The molecule has 80 valence electrons. The van der Waals surface area contributed by atoms with Gasteiger partial charge in [-0.15, -0.1) is 11.3 Å². The Morgan fingerprint density at radius 1 is 1.27 bits per heavy atom. The lowest BCUT2D eigenvalue weighted by molar-refractivity contribution is 0.788. The number of nitrogens with one attached hydrogen (secondary N) is 1. The van der Waals surface area contributed by atoms with E-state index in [2.05, 4.69) is 46.4 Å². The lowest BCUT2D eigenvalue weighted by Crippen LogP contribution is -2.16. The molecule has 0 atom stereocenters. The van der Waals surface area contributed by atoms with E-state index < -0.39 is 0 Å². The minimum Gasteiger partial charge on any atom is -0.319 e. The molecule has 0 unspecified atom stereocenters. The molecule has 0 saturated heterocycles. The van der Waals surface area contributed by atoms with Gasteiger partial charge in [0.1, 0.15) is 5.01 Å². The Hall–Kier alpha value is -1.29. The first-order chi connectivity index (χ1) is 7.16. The van der Waals surface area contributed by atoms with Crippen molar-refractivity contribution in [2.45, 2.75) is 27.3 Å². The monoisotopic (exact) mass is 221 g/mol. The van der Waals surface area contributed by atoms with Crippen molar-refractivity contribution in [3.63, 3.8) is 0 Å². The van der Waals surface area contributed by atoms with Crippen molar-refractivity contribution >= 4 is 11.3 Å². The molecule has 0 bridgehead atoms. The minimum atomic E-state index is 0.787. The highest BCUT2D eigenvalue weighted by Gasteiger charge is 2.01. The SMILES string of the molecule is Cc1csc(CNn2c(C)ccc2C)n1. The molecule has 0 aromatic carbocycles. The van der Waals surface area contributed by atoms with E-state index in [1.165, 1.54) is 11.4 Å². The summed E-state index contributed by atoms with van der Waals surface area (Å²) in [6.45, 7) is 6.99. The standard InChI is InChI=1S/C11H15N3S/c1-8-7-15-11(13-8)6-12-14-9(2)4-5-10(14)3/h4-5,7,12H,6H2,1-3H3. The van der Waals surface area contributed by atoms with Crippen molar-refractivity contribution in [2.75, 3.05) is 5.43 Å². The molecule has 0 radical (unpaired) electrons. The molecule has 15 heavy (non-hydrogen) atoms. The van der Waals surface area contributed by atoms with E-state index in [4.69, 9.17) is 0 Å². The molecule has 3 nitrogen and oxygen atoms in total. The fourth-order valence-electron chi connectivity index (χ4n) is 1.55. The van der Waals surface area contributed by atoms with Gasteiger partial charge in [-0.25, -0.2) is 4.98 Å². The highest BCUT2D eigenvalue weighted by Crippen LogP contribution is 2.10. The van der Waals surface area contributed by atoms with Gasteiger partial charge >= 0.3 is 0 Å². The van der Waals surface area contributed by atoms with Gasteiger partial charge in [0.05, 0.1) is 6.54 Å². The molecule has 2 rings (SSSR count). The van der Waals surface area contributed by atoms with Gasteiger partial charge in [-0.05, 0) is 32.9 Å². The van der Waals surface area contributed by atoms with Crippen LogP contribution < -0.4 is 5.43 Å². The molecular formula is C11H15N3S. The zero-order chi connectivity index (χ0) is 10.8. The maximum atomic E-state index is 4.41. The predicted molar refractivity (Wildman–Crippen MR) is 63.8 cm³/mol. The summed E-state index contributed by atoms with van der Waals surface area (Å²) in [6.07, 6.45) is 0. The topological polar surface area (TPSA) is 29.9 Å². The average Bonchev–Trinajstić information content (AvgIpc) is 2.73. The van der Waals surface area contributed by atoms with Gasteiger partial charge in [0, 0.05) is 22.5 Å². The summed E-state index contributed by atoms with van der Waals surface area (Å²) < 4.78 is 2.09. The van der Waals surface area contributed by atoms with Gasteiger partial charge in [-0.3, -0.25) is 4.68 Å². The van der Waals surface area contributed by atoms with Crippen molar-refractivity contribution < 1.29 is 0 Å². The molecule has 0 amide bonds. The molecule has 2 aromatic heterocycles. The Morgan fingerprint density at radius 2 is 1.93 bits per heavy atom. The van der Waals surface area contributed by atoms with Crippen LogP contribution >= 0.6 is 11.3 Å². The average molecular weight is 221 g/mol. The molecule has 0 fully saturated rings. The molecule has 0 aliphatic carbocycles. The quantitative estimate of drug-likeness (QED) is 0.863. The molecule has 4 heteroatoms. The predicted octanol–water partition coefficient (Wildman–Crippen LogP) is 2.61. The Bertz CT molecular complexity index is 437. The van der Waals surface area contributed by atoms with Crippen LogP contribution in [0.15, 0.2) is 17.5 Å². The zero-order valence-corrected chi connectivity index (χ0v) is 10.1. The number of thiazole rings is 1. The zero-order valence-electron chi connectivity index (χ0n) is 9.24. The van der Waals surface area contributed by atoms with Crippen molar-refractivity contribution in [1.29, 1.82) is 0 Å². The first-order valence-electron chi connectivity index (χ1n) is 4.96. The van der Waals surface area contributed by atoms with Crippen LogP contribution in [0, 0.1) is 20.8 Å². The van der Waals surface area contributed by atoms with Crippen LogP contribution in [0.5, 0.6) is 0 Å². The van der Waals surface area contributed by atoms with Gasteiger partial charge in [-0.1, -0.05) is 0 Å². The minimum absolute atomic E-state index is 0.787. The summed E-state index contributed by atoms with van der Waals surface area (Å²) in [6, 6.07) is 4.21. The molecular weight excluding hydrogens is 206 g/mol. The third-order valence-electron chi connectivity index (χ3n) is 2.33. The fraction of sp³-hybridized carbons (Fsp3) is 0.364. The maximum Gasteiger partial charge on any atom is 0.114 e. The number of nitrogens with zero attached hydrogens (tertiary/aromatic N) is 2. The molecule has 1 N–H and O–H groups in total. The number of rotatable bonds is 3. The summed E-state index contributed by atoms with van der Waals surface area (Å²) in [7, 11) is 0. The third-order valence-corrected chi connectivity index (χ3v) is 3.29. The normalized spacial score (nSPS) is 10.6. The van der Waals surface area contributed by atoms with Crippen LogP contribution in [-0.2, 0) is 6.54 Å². The van der Waals surface area contributed by atoms with Crippen LogP contribution in [0.3, 0.4) is 0 Å². The molecule has 0 aliphatic heterocycles. The molecule has 0 aliphatic rings. The smallest absolute Gasteiger partial charge is 0.114 e. The molecule has 2 aromatic rings. The molecule has 0 spiro atoms. The van der Waals surface area contributed by atoms with Gasteiger partial charge in [-0.2, -0.15) is 0 Å². The summed E-state index contributed by atoms with van der Waals surface area (Å²) in [5.41, 5.74) is 6.90. The van der Waals surface area contributed by atoms with Gasteiger partial charge in [0.2, 0.25) is 0 Å². The largest absolute Gasteiger partial charge is 0.319 e. The second kappa shape index (κ2) is 4.06. The number of aromatic nitrogens is 2. The van der Waals surface area contributed by atoms with E-state index in [1.807, 2.05) is 6.92 Å². The van der Waals surface area contributed by atoms with Crippen molar-refractivity contribution in [3.05, 3.63) is 39.6 Å². The lowest BCUT2D eigenvalue weighted by atomic mass is 10.5. The van der Waals surface area contributed by atoms with Crippen LogP contribution in [0.25, 0.3) is 0 Å². The molecule has 0 saturated carbocycles. The van der Waals surface area contributed by atoms with E-state index in [1.54, 1.807) is 11.3 Å². The second-order valence-corrected chi connectivity index (χ2v) is 4.61. The first-order valence-corrected chi connectivity index (χ1v) is 5.84. The van der Waals surface area contributed by atoms with Crippen molar-refractivity contribution in [2.24, 2.45) is 0 Å². The van der Waals surface area contributed by atoms with E-state index in [0.29, 0.717) is 0 Å². The summed E-state index contributed by atoms with van der Waals surface area (Å²) in [5, 5.41) is 3.20. The summed E-state index contributed by atoms with van der Waals surface area (Å²) in [4.78, 5) is 4.41. The van der Waals surface area contributed by atoms with Crippen molar-refractivity contribution in [3.8, 4) is 0 Å². The number of hydrogen-bond acceptors (Lipinski definition) is 3. The fourth-order valence-corrected chi connectivity index (χ4v) is 2.25. The van der Waals surface area contributed by atoms with Crippen LogP contribution in [0.1, 0.15) is 22.1 Å². The van der Waals surface area contributed by atoms with Crippen LogP contribution in [0.4, 0.5) is 0 Å². The Balaban J connectivity index is 2.05. The maximum absolute atomic E-state index is 4.41.